The van der Waals surface area contributed by atoms with Gasteiger partial charge in [0.2, 0.25) is 11.8 Å². The van der Waals surface area contributed by atoms with E-state index in [-0.39, 0.29) is 24.6 Å². The Balaban J connectivity index is 1.60. The second-order valence-electron chi connectivity index (χ2n) is 6.54. The number of nitrogens with zero attached hydrogens (tertiary/aromatic N) is 2. The molecule has 0 fully saturated rings. The average Bonchev–Trinajstić information content (AvgIpc) is 3.10. The highest BCUT2D eigenvalue weighted by molar-refractivity contribution is 7.18. The third-order valence-electron chi connectivity index (χ3n) is 4.56. The van der Waals surface area contributed by atoms with Crippen molar-refractivity contribution in [3.05, 3.63) is 57.0 Å². The first kappa shape index (κ1) is 19.8. The molecule has 2 aromatic heterocycles. The molecule has 1 aromatic carbocycles. The number of fused-ring (bicyclic) bond motifs is 1. The molecule has 3 aromatic rings. The largest absolute Gasteiger partial charge is 0.345 e. The maximum atomic E-state index is 12.5. The van der Waals surface area contributed by atoms with Crippen LogP contribution in [0.15, 0.2) is 35.4 Å². The van der Waals surface area contributed by atoms with E-state index < -0.39 is 5.91 Å². The standard InChI is InChI=1S/C20H22N4O3S/c1-4-14-8-15-19(28-14)22-11-24(20(15)27)10-18(26)21-9-17(25)23-16-7-5-6-12(2)13(16)3/h5-8,11H,4,9-10H2,1-3H3,(H,21,26)(H,23,25). The Bertz CT molecular complexity index is 1100. The van der Waals surface area contributed by atoms with Crippen molar-refractivity contribution in [2.24, 2.45) is 0 Å². The highest BCUT2D eigenvalue weighted by Crippen LogP contribution is 2.21. The van der Waals surface area contributed by atoms with Crippen molar-refractivity contribution in [3.8, 4) is 0 Å². The number of amides is 2. The van der Waals surface area contributed by atoms with Crippen molar-refractivity contribution in [2.75, 3.05) is 11.9 Å². The molecule has 28 heavy (non-hydrogen) atoms. The summed E-state index contributed by atoms with van der Waals surface area (Å²) < 4.78 is 1.26. The normalized spacial score (nSPS) is 10.8. The van der Waals surface area contributed by atoms with Crippen LogP contribution in [0.3, 0.4) is 0 Å². The fourth-order valence-corrected chi connectivity index (χ4v) is 3.69. The second-order valence-corrected chi connectivity index (χ2v) is 7.65. The summed E-state index contributed by atoms with van der Waals surface area (Å²) in [5, 5.41) is 5.84. The zero-order valence-electron chi connectivity index (χ0n) is 16.0. The van der Waals surface area contributed by atoms with Gasteiger partial charge in [0.05, 0.1) is 18.3 Å². The van der Waals surface area contributed by atoms with Gasteiger partial charge in [-0.2, -0.15) is 0 Å². The minimum Gasteiger partial charge on any atom is -0.345 e. The maximum Gasteiger partial charge on any atom is 0.262 e. The van der Waals surface area contributed by atoms with E-state index in [1.165, 1.54) is 22.2 Å². The molecule has 0 saturated heterocycles. The summed E-state index contributed by atoms with van der Waals surface area (Å²) in [7, 11) is 0. The summed E-state index contributed by atoms with van der Waals surface area (Å²) in [6.07, 6.45) is 2.20. The lowest BCUT2D eigenvalue weighted by atomic mass is 10.1. The SMILES string of the molecule is CCc1cc2c(=O)n(CC(=O)NCC(=O)Nc3cccc(C)c3C)cnc2s1. The van der Waals surface area contributed by atoms with E-state index >= 15 is 0 Å². The molecule has 8 heteroatoms. The minimum atomic E-state index is -0.426. The number of aromatic nitrogens is 2. The third-order valence-corrected chi connectivity index (χ3v) is 5.74. The Kier molecular flexibility index (Phi) is 5.89. The van der Waals surface area contributed by atoms with Crippen LogP contribution < -0.4 is 16.2 Å². The third kappa shape index (κ3) is 4.28. The number of aryl methyl sites for hydroxylation is 2. The van der Waals surface area contributed by atoms with Gasteiger partial charge < -0.3 is 10.6 Å². The van der Waals surface area contributed by atoms with Gasteiger partial charge >= 0.3 is 0 Å². The van der Waals surface area contributed by atoms with Gasteiger partial charge in [0, 0.05) is 10.6 Å². The number of anilines is 1. The summed E-state index contributed by atoms with van der Waals surface area (Å²) in [6.45, 7) is 5.55. The van der Waals surface area contributed by atoms with Crippen LogP contribution in [0.1, 0.15) is 22.9 Å². The number of carbonyl (C=O) groups is 2. The highest BCUT2D eigenvalue weighted by Gasteiger charge is 2.12. The fraction of sp³-hybridized carbons (Fsp3) is 0.300. The van der Waals surface area contributed by atoms with E-state index in [0.717, 1.165) is 22.4 Å². The highest BCUT2D eigenvalue weighted by atomic mass is 32.1. The molecule has 0 saturated carbocycles. The Morgan fingerprint density at radius 3 is 2.75 bits per heavy atom. The van der Waals surface area contributed by atoms with Gasteiger partial charge in [-0.25, -0.2) is 4.98 Å². The number of hydrogen-bond acceptors (Lipinski definition) is 5. The van der Waals surface area contributed by atoms with Gasteiger partial charge in [-0.3, -0.25) is 19.0 Å². The van der Waals surface area contributed by atoms with E-state index in [1.807, 2.05) is 45.0 Å². The maximum absolute atomic E-state index is 12.5. The van der Waals surface area contributed by atoms with Crippen molar-refractivity contribution >= 4 is 39.1 Å². The topological polar surface area (TPSA) is 93.1 Å². The molecule has 0 aliphatic carbocycles. The molecule has 0 aliphatic rings. The Morgan fingerprint density at radius 2 is 2.00 bits per heavy atom. The van der Waals surface area contributed by atoms with E-state index in [9.17, 15) is 14.4 Å². The smallest absolute Gasteiger partial charge is 0.262 e. The zero-order chi connectivity index (χ0) is 20.3. The molecular formula is C20H22N4O3S. The van der Waals surface area contributed by atoms with Gasteiger partial charge in [0.15, 0.2) is 0 Å². The first-order chi connectivity index (χ1) is 13.4. The lowest BCUT2D eigenvalue weighted by Crippen LogP contribution is -2.37. The molecule has 2 amide bonds. The Morgan fingerprint density at radius 1 is 1.21 bits per heavy atom. The number of rotatable bonds is 6. The van der Waals surface area contributed by atoms with Gasteiger partial charge in [-0.05, 0) is 43.5 Å². The molecule has 0 spiro atoms. The average molecular weight is 398 g/mol. The Hall–Kier alpha value is -3.00. The lowest BCUT2D eigenvalue weighted by molar-refractivity contribution is -0.124. The molecule has 146 valence electrons. The van der Waals surface area contributed by atoms with Crippen LogP contribution in [0.25, 0.3) is 10.2 Å². The van der Waals surface area contributed by atoms with Gasteiger partial charge in [-0.1, -0.05) is 19.1 Å². The van der Waals surface area contributed by atoms with Crippen LogP contribution in [0.4, 0.5) is 5.69 Å². The van der Waals surface area contributed by atoms with Crippen LogP contribution >= 0.6 is 11.3 Å². The van der Waals surface area contributed by atoms with Crippen LogP contribution in [-0.2, 0) is 22.6 Å². The summed E-state index contributed by atoms with van der Waals surface area (Å²) in [5.74, 6) is -0.751. The van der Waals surface area contributed by atoms with E-state index in [0.29, 0.717) is 15.9 Å². The minimum absolute atomic E-state index is 0.172. The molecule has 7 nitrogen and oxygen atoms in total. The van der Waals surface area contributed by atoms with Crippen LogP contribution in [0, 0.1) is 13.8 Å². The molecule has 2 N–H and O–H groups in total. The predicted molar refractivity (Wildman–Crippen MR) is 111 cm³/mol. The Labute approximate surface area is 166 Å². The number of carbonyl (C=O) groups excluding carboxylic acids is 2. The molecule has 0 unspecified atom stereocenters. The monoisotopic (exact) mass is 398 g/mol. The fourth-order valence-electron chi connectivity index (χ4n) is 2.77. The van der Waals surface area contributed by atoms with Crippen molar-refractivity contribution in [3.63, 3.8) is 0 Å². The number of hydrogen-bond donors (Lipinski definition) is 2. The number of nitrogens with one attached hydrogen (secondary N) is 2. The van der Waals surface area contributed by atoms with E-state index in [4.69, 9.17) is 0 Å². The van der Waals surface area contributed by atoms with Crippen molar-refractivity contribution in [1.29, 1.82) is 0 Å². The summed E-state index contributed by atoms with van der Waals surface area (Å²) in [5.41, 5.74) is 2.52. The first-order valence-corrected chi connectivity index (χ1v) is 9.81. The summed E-state index contributed by atoms with van der Waals surface area (Å²) in [6, 6.07) is 7.46. The van der Waals surface area contributed by atoms with Crippen LogP contribution in [-0.4, -0.2) is 27.9 Å². The molecule has 0 radical (unpaired) electrons. The van der Waals surface area contributed by atoms with Crippen molar-refractivity contribution in [1.82, 2.24) is 14.9 Å². The van der Waals surface area contributed by atoms with Crippen LogP contribution in [0.2, 0.25) is 0 Å². The van der Waals surface area contributed by atoms with Crippen molar-refractivity contribution < 1.29 is 9.59 Å². The van der Waals surface area contributed by atoms with Gasteiger partial charge in [0.1, 0.15) is 11.4 Å². The van der Waals surface area contributed by atoms with E-state index in [1.54, 1.807) is 0 Å². The molecule has 0 aliphatic heterocycles. The lowest BCUT2D eigenvalue weighted by Gasteiger charge is -2.11. The summed E-state index contributed by atoms with van der Waals surface area (Å²) >= 11 is 1.48. The molecule has 2 heterocycles. The predicted octanol–water partition coefficient (Wildman–Crippen LogP) is 2.39. The molecule has 3 rings (SSSR count). The zero-order valence-corrected chi connectivity index (χ0v) is 16.9. The number of thiophene rings is 1. The second kappa shape index (κ2) is 8.35. The van der Waals surface area contributed by atoms with Gasteiger partial charge in [-0.15, -0.1) is 11.3 Å². The quantitative estimate of drug-likeness (QED) is 0.667. The molecular weight excluding hydrogens is 376 g/mol. The van der Waals surface area contributed by atoms with Crippen molar-refractivity contribution in [2.45, 2.75) is 33.7 Å². The van der Waals surface area contributed by atoms with Crippen LogP contribution in [0.5, 0.6) is 0 Å². The number of benzene rings is 1. The first-order valence-electron chi connectivity index (χ1n) is 8.99. The summed E-state index contributed by atoms with van der Waals surface area (Å²) in [4.78, 5) is 42.8. The van der Waals surface area contributed by atoms with E-state index in [2.05, 4.69) is 15.6 Å². The van der Waals surface area contributed by atoms with Gasteiger partial charge in [0.25, 0.3) is 5.56 Å². The molecule has 0 bridgehead atoms. The molecule has 0 atom stereocenters.